The lowest BCUT2D eigenvalue weighted by atomic mass is 10.2. The van der Waals surface area contributed by atoms with Crippen LogP contribution in [0.25, 0.3) is 0 Å². The van der Waals surface area contributed by atoms with E-state index in [0.29, 0.717) is 17.1 Å². The number of ether oxygens (including phenoxy) is 1. The number of halogens is 1. The molecule has 2 rings (SSSR count). The summed E-state index contributed by atoms with van der Waals surface area (Å²) >= 11 is 3.38. The molecule has 0 aliphatic rings. The van der Waals surface area contributed by atoms with E-state index in [1.54, 1.807) is 30.3 Å². The van der Waals surface area contributed by atoms with Gasteiger partial charge in [-0.1, -0.05) is 18.2 Å². The van der Waals surface area contributed by atoms with E-state index in [1.807, 2.05) is 19.1 Å². The molecule has 0 heterocycles. The third-order valence-electron chi connectivity index (χ3n) is 3.10. The smallest absolute Gasteiger partial charge is 0.233 e. The van der Waals surface area contributed by atoms with Crippen molar-refractivity contribution in [2.75, 3.05) is 17.7 Å². The predicted molar refractivity (Wildman–Crippen MR) is 93.7 cm³/mol. The van der Waals surface area contributed by atoms with E-state index >= 15 is 0 Å². The minimum Gasteiger partial charge on any atom is -0.495 e. The van der Waals surface area contributed by atoms with E-state index in [0.717, 1.165) is 10.0 Å². The van der Waals surface area contributed by atoms with Gasteiger partial charge in [0.25, 0.3) is 0 Å². The zero-order chi connectivity index (χ0) is 16.8. The van der Waals surface area contributed by atoms with Gasteiger partial charge in [-0.3, -0.25) is 9.59 Å². The molecule has 2 N–H and O–H groups in total. The Balaban J connectivity index is 1.96. The zero-order valence-corrected chi connectivity index (χ0v) is 14.4. The normalized spacial score (nSPS) is 10.0. The van der Waals surface area contributed by atoms with Crippen LogP contribution >= 0.6 is 15.9 Å². The van der Waals surface area contributed by atoms with Gasteiger partial charge in [0.2, 0.25) is 11.8 Å². The van der Waals surface area contributed by atoms with Gasteiger partial charge in [0.05, 0.1) is 18.5 Å². The summed E-state index contributed by atoms with van der Waals surface area (Å²) in [5.41, 5.74) is 2.23. The van der Waals surface area contributed by atoms with Gasteiger partial charge >= 0.3 is 0 Å². The van der Waals surface area contributed by atoms with Gasteiger partial charge in [-0.15, -0.1) is 0 Å². The summed E-state index contributed by atoms with van der Waals surface area (Å²) in [5.74, 6) is -0.250. The van der Waals surface area contributed by atoms with Crippen molar-refractivity contribution >= 4 is 39.1 Å². The van der Waals surface area contributed by atoms with Crippen molar-refractivity contribution in [2.45, 2.75) is 13.3 Å². The minimum atomic E-state index is -0.407. The number of carbonyl (C=O) groups is 2. The fourth-order valence-corrected chi connectivity index (χ4v) is 2.60. The number of benzene rings is 2. The molecule has 0 atom stereocenters. The number of nitrogens with one attached hydrogen (secondary N) is 2. The quantitative estimate of drug-likeness (QED) is 0.781. The van der Waals surface area contributed by atoms with Crippen LogP contribution in [0.15, 0.2) is 46.9 Å². The van der Waals surface area contributed by atoms with Gasteiger partial charge in [0, 0.05) is 4.47 Å². The first kappa shape index (κ1) is 17.0. The van der Waals surface area contributed by atoms with Crippen LogP contribution in [-0.2, 0) is 9.59 Å². The second-order valence-corrected chi connectivity index (χ2v) is 5.81. The molecule has 0 fully saturated rings. The number of methoxy groups -OCH3 is 1. The Kier molecular flexibility index (Phi) is 5.76. The van der Waals surface area contributed by atoms with Crippen LogP contribution in [0, 0.1) is 6.92 Å². The summed E-state index contributed by atoms with van der Waals surface area (Å²) < 4.78 is 5.93. The summed E-state index contributed by atoms with van der Waals surface area (Å²) in [4.78, 5) is 24.0. The lowest BCUT2D eigenvalue weighted by Gasteiger charge is -2.10. The van der Waals surface area contributed by atoms with Gasteiger partial charge in [-0.2, -0.15) is 0 Å². The van der Waals surface area contributed by atoms with Crippen molar-refractivity contribution in [3.63, 3.8) is 0 Å². The van der Waals surface area contributed by atoms with Crippen molar-refractivity contribution in [3.05, 3.63) is 52.5 Å². The predicted octanol–water partition coefficient (Wildman–Crippen LogP) is 3.73. The Morgan fingerprint density at radius 1 is 1.04 bits per heavy atom. The number of para-hydroxylation sites is 2. The highest BCUT2D eigenvalue weighted by molar-refractivity contribution is 9.10. The molecule has 2 aromatic rings. The monoisotopic (exact) mass is 376 g/mol. The second-order valence-electron chi connectivity index (χ2n) is 4.96. The maximum Gasteiger partial charge on any atom is 0.233 e. The second kappa shape index (κ2) is 7.78. The molecule has 120 valence electrons. The first-order valence-corrected chi connectivity index (χ1v) is 7.78. The lowest BCUT2D eigenvalue weighted by molar-refractivity contribution is -0.123. The highest BCUT2D eigenvalue weighted by Crippen LogP contribution is 2.24. The van der Waals surface area contributed by atoms with E-state index in [-0.39, 0.29) is 12.3 Å². The van der Waals surface area contributed by atoms with Crippen LogP contribution in [0.2, 0.25) is 0 Å². The molecule has 0 spiro atoms. The van der Waals surface area contributed by atoms with Gasteiger partial charge in [0.1, 0.15) is 12.2 Å². The molecule has 0 aliphatic carbocycles. The van der Waals surface area contributed by atoms with E-state index in [2.05, 4.69) is 26.6 Å². The number of amides is 2. The average Bonchev–Trinajstić information content (AvgIpc) is 2.50. The van der Waals surface area contributed by atoms with Crippen LogP contribution < -0.4 is 15.4 Å². The van der Waals surface area contributed by atoms with E-state index in [1.165, 1.54) is 7.11 Å². The third-order valence-corrected chi connectivity index (χ3v) is 3.76. The third kappa shape index (κ3) is 4.82. The van der Waals surface area contributed by atoms with Crippen molar-refractivity contribution < 1.29 is 14.3 Å². The molecule has 6 heteroatoms. The molecule has 0 saturated heterocycles. The van der Waals surface area contributed by atoms with Crippen LogP contribution in [0.1, 0.15) is 12.0 Å². The maximum atomic E-state index is 12.0. The fraction of sp³-hybridized carbons (Fsp3) is 0.176. The van der Waals surface area contributed by atoms with Crippen LogP contribution in [-0.4, -0.2) is 18.9 Å². The van der Waals surface area contributed by atoms with Gasteiger partial charge in [-0.05, 0) is 52.7 Å². The molecule has 0 aromatic heterocycles. The van der Waals surface area contributed by atoms with E-state index in [4.69, 9.17) is 4.74 Å². The zero-order valence-electron chi connectivity index (χ0n) is 12.9. The molecule has 0 aliphatic heterocycles. The topological polar surface area (TPSA) is 67.4 Å². The highest BCUT2D eigenvalue weighted by Gasteiger charge is 2.13. The van der Waals surface area contributed by atoms with Gasteiger partial charge < -0.3 is 15.4 Å². The maximum absolute atomic E-state index is 12.0. The first-order chi connectivity index (χ1) is 11.0. The summed E-state index contributed by atoms with van der Waals surface area (Å²) in [6.45, 7) is 1.96. The van der Waals surface area contributed by atoms with Crippen LogP contribution in [0.3, 0.4) is 0 Å². The number of hydrogen-bond acceptors (Lipinski definition) is 3. The molecule has 0 unspecified atom stereocenters. The van der Waals surface area contributed by atoms with Crippen molar-refractivity contribution in [1.29, 1.82) is 0 Å². The number of anilines is 2. The molecule has 5 nitrogen and oxygen atoms in total. The molecule has 2 amide bonds. The Morgan fingerprint density at radius 3 is 2.35 bits per heavy atom. The highest BCUT2D eigenvalue weighted by atomic mass is 79.9. The van der Waals surface area contributed by atoms with Gasteiger partial charge in [-0.25, -0.2) is 0 Å². The summed E-state index contributed by atoms with van der Waals surface area (Å²) in [5, 5.41) is 5.37. The molecule has 0 bridgehead atoms. The van der Waals surface area contributed by atoms with Crippen LogP contribution in [0.4, 0.5) is 11.4 Å². The standard InChI is InChI=1S/C17H17BrN2O3/c1-11-7-8-13(12(18)9-11)19-16(21)10-17(22)20-14-5-3-4-6-15(14)23-2/h3-9H,10H2,1-2H3,(H,19,21)(H,20,22). The Morgan fingerprint density at radius 2 is 1.70 bits per heavy atom. The Hall–Kier alpha value is -2.34. The molecule has 0 saturated carbocycles. The number of rotatable bonds is 5. The minimum absolute atomic E-state index is 0.279. The van der Waals surface area contributed by atoms with E-state index in [9.17, 15) is 9.59 Å². The number of hydrogen-bond donors (Lipinski definition) is 2. The largest absolute Gasteiger partial charge is 0.495 e. The number of carbonyl (C=O) groups excluding carboxylic acids is 2. The van der Waals surface area contributed by atoms with Crippen molar-refractivity contribution in [2.24, 2.45) is 0 Å². The van der Waals surface area contributed by atoms with Crippen molar-refractivity contribution in [3.8, 4) is 5.75 Å². The first-order valence-electron chi connectivity index (χ1n) is 6.98. The average molecular weight is 377 g/mol. The van der Waals surface area contributed by atoms with E-state index < -0.39 is 5.91 Å². The lowest BCUT2D eigenvalue weighted by Crippen LogP contribution is -2.21. The van der Waals surface area contributed by atoms with Crippen molar-refractivity contribution in [1.82, 2.24) is 0 Å². The summed E-state index contributed by atoms with van der Waals surface area (Å²) in [7, 11) is 1.52. The SMILES string of the molecule is COc1ccccc1NC(=O)CC(=O)Nc1ccc(C)cc1Br. The molecular weight excluding hydrogens is 360 g/mol. The number of aryl methyl sites for hydroxylation is 1. The molecular formula is C17H17BrN2O3. The molecule has 0 radical (unpaired) electrons. The Bertz CT molecular complexity index is 732. The fourth-order valence-electron chi connectivity index (χ4n) is 2.00. The summed E-state index contributed by atoms with van der Waals surface area (Å²) in [6, 6.07) is 12.6. The molecule has 2 aromatic carbocycles. The Labute approximate surface area is 143 Å². The van der Waals surface area contributed by atoms with Gasteiger partial charge in [0.15, 0.2) is 0 Å². The molecule has 23 heavy (non-hydrogen) atoms. The van der Waals surface area contributed by atoms with Crippen LogP contribution in [0.5, 0.6) is 5.75 Å². The summed E-state index contributed by atoms with van der Waals surface area (Å²) in [6.07, 6.45) is -0.279.